The van der Waals surface area contributed by atoms with Gasteiger partial charge in [0.2, 0.25) is 5.91 Å². The molecule has 0 heterocycles. The Morgan fingerprint density at radius 1 is 1.25 bits per heavy atom. The minimum atomic E-state index is -0.0940. The molecule has 0 spiro atoms. The Morgan fingerprint density at radius 2 is 1.85 bits per heavy atom. The summed E-state index contributed by atoms with van der Waals surface area (Å²) in [5.74, 6) is 0.109. The fraction of sp³-hybridized carbons (Fsp3) is 0.533. The second-order valence-electron chi connectivity index (χ2n) is 5.37. The van der Waals surface area contributed by atoms with Crippen molar-refractivity contribution in [1.82, 2.24) is 10.6 Å². The summed E-state index contributed by atoms with van der Waals surface area (Å²) in [6, 6.07) is 7.78. The van der Waals surface area contributed by atoms with Gasteiger partial charge in [-0.25, -0.2) is 0 Å². The van der Waals surface area contributed by atoms with Crippen molar-refractivity contribution >= 4 is 29.9 Å². The fourth-order valence-electron chi connectivity index (χ4n) is 1.84. The highest BCUT2D eigenvalue weighted by molar-refractivity contribution is 6.30. The summed E-state index contributed by atoms with van der Waals surface area (Å²) >= 11 is 5.88. The van der Waals surface area contributed by atoms with Crippen LogP contribution in [0.5, 0.6) is 0 Å². The van der Waals surface area contributed by atoms with Gasteiger partial charge in [-0.05, 0) is 37.7 Å². The van der Waals surface area contributed by atoms with Crippen molar-refractivity contribution in [2.24, 2.45) is 0 Å². The minimum Gasteiger partial charge on any atom is -0.355 e. The van der Waals surface area contributed by atoms with Crippen LogP contribution in [0.15, 0.2) is 24.3 Å². The predicted molar refractivity (Wildman–Crippen MR) is 87.9 cm³/mol. The highest BCUT2D eigenvalue weighted by Gasteiger charge is 2.21. The Labute approximate surface area is 132 Å². The first-order chi connectivity index (χ1) is 8.95. The largest absolute Gasteiger partial charge is 0.355 e. The van der Waals surface area contributed by atoms with Gasteiger partial charge in [0.15, 0.2) is 0 Å². The Hall–Kier alpha value is -0.770. The van der Waals surface area contributed by atoms with E-state index in [-0.39, 0.29) is 23.7 Å². The quantitative estimate of drug-likeness (QED) is 0.758. The smallest absolute Gasteiger partial charge is 0.220 e. The van der Waals surface area contributed by atoms with E-state index in [1.54, 1.807) is 0 Å². The zero-order chi connectivity index (χ0) is 14.3. The van der Waals surface area contributed by atoms with Crippen LogP contribution in [-0.2, 0) is 10.2 Å². The second-order valence-corrected chi connectivity index (χ2v) is 5.81. The lowest BCUT2D eigenvalue weighted by Gasteiger charge is -2.25. The van der Waals surface area contributed by atoms with Crippen LogP contribution < -0.4 is 10.6 Å². The van der Waals surface area contributed by atoms with E-state index >= 15 is 0 Å². The maximum absolute atomic E-state index is 11.7. The Balaban J connectivity index is 0.00000361. The van der Waals surface area contributed by atoms with Gasteiger partial charge in [0.1, 0.15) is 0 Å². The van der Waals surface area contributed by atoms with Crippen LogP contribution >= 0.6 is 24.0 Å². The predicted octanol–water partition coefficient (Wildman–Crippen LogP) is 3.16. The molecule has 0 bridgehead atoms. The summed E-state index contributed by atoms with van der Waals surface area (Å²) < 4.78 is 0. The van der Waals surface area contributed by atoms with Gasteiger partial charge >= 0.3 is 0 Å². The first-order valence-corrected chi connectivity index (χ1v) is 7.01. The minimum absolute atomic E-state index is 0. The number of nitrogens with one attached hydrogen (secondary N) is 2. The number of halogens is 2. The maximum atomic E-state index is 11.7. The molecule has 1 aromatic carbocycles. The third-order valence-corrected chi connectivity index (χ3v) is 3.44. The molecule has 20 heavy (non-hydrogen) atoms. The number of rotatable bonds is 7. The normalized spacial score (nSPS) is 10.8. The van der Waals surface area contributed by atoms with E-state index in [1.165, 1.54) is 5.56 Å². The third-order valence-electron chi connectivity index (χ3n) is 3.18. The molecule has 1 amide bonds. The van der Waals surface area contributed by atoms with E-state index in [1.807, 2.05) is 31.3 Å². The van der Waals surface area contributed by atoms with Gasteiger partial charge in [0, 0.05) is 23.4 Å². The van der Waals surface area contributed by atoms with E-state index < -0.39 is 0 Å². The highest BCUT2D eigenvalue weighted by Crippen LogP contribution is 2.23. The van der Waals surface area contributed by atoms with Crippen LogP contribution in [0, 0.1) is 0 Å². The summed E-state index contributed by atoms with van der Waals surface area (Å²) in [6.07, 6.45) is 1.43. The molecule has 0 fully saturated rings. The van der Waals surface area contributed by atoms with E-state index in [9.17, 15) is 4.79 Å². The van der Waals surface area contributed by atoms with Gasteiger partial charge in [-0.2, -0.15) is 0 Å². The molecule has 0 aliphatic heterocycles. The summed E-state index contributed by atoms with van der Waals surface area (Å²) in [7, 11) is 1.89. The second kappa shape index (κ2) is 9.22. The first kappa shape index (κ1) is 19.2. The summed E-state index contributed by atoms with van der Waals surface area (Å²) in [4.78, 5) is 11.7. The molecule has 0 saturated carbocycles. The molecule has 3 nitrogen and oxygen atoms in total. The summed E-state index contributed by atoms with van der Waals surface area (Å²) in [5.41, 5.74) is 1.08. The molecule has 1 aromatic rings. The molecule has 5 heteroatoms. The molecular weight excluding hydrogens is 295 g/mol. The molecule has 2 N–H and O–H groups in total. The number of amides is 1. The van der Waals surface area contributed by atoms with Crippen molar-refractivity contribution in [2.75, 3.05) is 20.1 Å². The van der Waals surface area contributed by atoms with E-state index in [4.69, 9.17) is 11.6 Å². The van der Waals surface area contributed by atoms with E-state index in [0.29, 0.717) is 13.0 Å². The van der Waals surface area contributed by atoms with Gasteiger partial charge in [-0.3, -0.25) is 4.79 Å². The summed E-state index contributed by atoms with van der Waals surface area (Å²) in [5, 5.41) is 6.76. The van der Waals surface area contributed by atoms with E-state index in [0.717, 1.165) is 18.0 Å². The van der Waals surface area contributed by atoms with Crippen molar-refractivity contribution in [2.45, 2.75) is 32.1 Å². The molecule has 1 rings (SSSR count). The Bertz CT molecular complexity index is 405. The molecule has 0 unspecified atom stereocenters. The number of carbonyl (C=O) groups is 1. The van der Waals surface area contributed by atoms with E-state index in [2.05, 4.69) is 24.5 Å². The monoisotopic (exact) mass is 318 g/mol. The molecule has 0 aliphatic carbocycles. The van der Waals surface area contributed by atoms with Crippen molar-refractivity contribution in [3.63, 3.8) is 0 Å². The summed E-state index contributed by atoms with van der Waals surface area (Å²) in [6.45, 7) is 5.73. The molecule has 0 saturated heterocycles. The van der Waals surface area contributed by atoms with Crippen molar-refractivity contribution in [3.05, 3.63) is 34.9 Å². The zero-order valence-electron chi connectivity index (χ0n) is 12.3. The molecule has 0 aromatic heterocycles. The zero-order valence-corrected chi connectivity index (χ0v) is 13.9. The molecule has 0 radical (unpaired) electrons. The van der Waals surface area contributed by atoms with Gasteiger partial charge < -0.3 is 10.6 Å². The van der Waals surface area contributed by atoms with Crippen LogP contribution in [0.3, 0.4) is 0 Å². The van der Waals surface area contributed by atoms with Crippen LogP contribution in [0.25, 0.3) is 0 Å². The lowest BCUT2D eigenvalue weighted by Crippen LogP contribution is -2.36. The van der Waals surface area contributed by atoms with Gasteiger partial charge in [-0.1, -0.05) is 37.6 Å². The number of hydrogen-bond acceptors (Lipinski definition) is 2. The maximum Gasteiger partial charge on any atom is 0.220 e. The van der Waals surface area contributed by atoms with Crippen LogP contribution in [0.2, 0.25) is 5.02 Å². The van der Waals surface area contributed by atoms with Crippen LogP contribution in [0.4, 0.5) is 0 Å². The fourth-order valence-corrected chi connectivity index (χ4v) is 1.96. The molecule has 0 atom stereocenters. The van der Waals surface area contributed by atoms with Gasteiger partial charge in [0.05, 0.1) is 0 Å². The van der Waals surface area contributed by atoms with Gasteiger partial charge in [-0.15, -0.1) is 12.4 Å². The van der Waals surface area contributed by atoms with Crippen molar-refractivity contribution in [1.29, 1.82) is 0 Å². The topological polar surface area (TPSA) is 41.1 Å². The van der Waals surface area contributed by atoms with Crippen molar-refractivity contribution in [3.8, 4) is 0 Å². The molecular formula is C15H24Cl2N2O. The highest BCUT2D eigenvalue weighted by atomic mass is 35.5. The first-order valence-electron chi connectivity index (χ1n) is 6.63. The average molecular weight is 319 g/mol. The molecule has 114 valence electrons. The van der Waals surface area contributed by atoms with Crippen LogP contribution in [0.1, 0.15) is 32.3 Å². The number of carbonyl (C=O) groups excluding carboxylic acids is 1. The Morgan fingerprint density at radius 3 is 2.40 bits per heavy atom. The lowest BCUT2D eigenvalue weighted by molar-refractivity contribution is -0.121. The standard InChI is InChI=1S/C15H23ClN2O.ClH/c1-15(2,12-6-8-13(16)9-7-12)11-18-14(19)5-4-10-17-3;/h6-9,17H,4-5,10-11H2,1-3H3,(H,18,19);1H. The third kappa shape index (κ3) is 6.60. The van der Waals surface area contributed by atoms with Gasteiger partial charge in [0.25, 0.3) is 0 Å². The SMILES string of the molecule is CNCCCC(=O)NCC(C)(C)c1ccc(Cl)cc1.Cl. The number of benzene rings is 1. The lowest BCUT2D eigenvalue weighted by atomic mass is 9.84. The van der Waals surface area contributed by atoms with Crippen LogP contribution in [-0.4, -0.2) is 26.0 Å². The Kier molecular flexibility index (Phi) is 8.86. The van der Waals surface area contributed by atoms with Crippen molar-refractivity contribution < 1.29 is 4.79 Å². The average Bonchev–Trinajstić information content (AvgIpc) is 2.37. The number of hydrogen-bond donors (Lipinski definition) is 2. The molecule has 0 aliphatic rings.